The lowest BCUT2D eigenvalue weighted by atomic mass is 10.1. The number of carbonyl (C=O) groups excluding carboxylic acids is 1. The van der Waals surface area contributed by atoms with Crippen molar-refractivity contribution in [2.75, 3.05) is 13.2 Å². The van der Waals surface area contributed by atoms with E-state index in [1.54, 1.807) is 6.07 Å². The first-order chi connectivity index (χ1) is 8.70. The minimum atomic E-state index is -0.461. The van der Waals surface area contributed by atoms with Crippen molar-refractivity contribution in [1.29, 1.82) is 0 Å². The molecule has 0 aliphatic carbocycles. The highest BCUT2D eigenvalue weighted by atomic mass is 16.5. The summed E-state index contributed by atoms with van der Waals surface area (Å²) < 4.78 is 5.39. The smallest absolute Gasteiger partial charge is 0.251 e. The van der Waals surface area contributed by atoms with Gasteiger partial charge in [-0.3, -0.25) is 4.79 Å². The lowest BCUT2D eigenvalue weighted by molar-refractivity contribution is 0.0910. The van der Waals surface area contributed by atoms with E-state index in [9.17, 15) is 9.90 Å². The molecule has 1 atom stereocenters. The number of hydrogen-bond donors (Lipinski definition) is 2. The highest BCUT2D eigenvalue weighted by Crippen LogP contribution is 2.25. The molecule has 1 aromatic carbocycles. The maximum Gasteiger partial charge on any atom is 0.251 e. The Hall–Kier alpha value is -1.55. The topological polar surface area (TPSA) is 58.6 Å². The predicted molar refractivity (Wildman–Crippen MR) is 68.9 cm³/mol. The van der Waals surface area contributed by atoms with Gasteiger partial charge >= 0.3 is 0 Å². The molecule has 4 nitrogen and oxygen atoms in total. The molecule has 0 fully saturated rings. The Morgan fingerprint density at radius 1 is 1.56 bits per heavy atom. The van der Waals surface area contributed by atoms with E-state index in [-0.39, 0.29) is 5.91 Å². The number of benzene rings is 1. The predicted octanol–water partition coefficient (Wildman–Crippen LogP) is 1.51. The second-order valence-electron chi connectivity index (χ2n) is 4.57. The van der Waals surface area contributed by atoms with E-state index >= 15 is 0 Å². The fraction of sp³-hybridized carbons (Fsp3) is 0.500. The largest absolute Gasteiger partial charge is 0.493 e. The molecule has 18 heavy (non-hydrogen) atoms. The SMILES string of the molecule is CCCC(O)CNC(=O)c1ccc2c(c1)CCO2. The number of hydrogen-bond acceptors (Lipinski definition) is 3. The van der Waals surface area contributed by atoms with Crippen LogP contribution in [0, 0.1) is 0 Å². The molecule has 0 aromatic heterocycles. The Bertz CT molecular complexity index is 431. The average Bonchev–Trinajstić information content (AvgIpc) is 2.83. The number of carbonyl (C=O) groups is 1. The van der Waals surface area contributed by atoms with Gasteiger partial charge in [0.2, 0.25) is 0 Å². The van der Waals surface area contributed by atoms with Gasteiger partial charge in [-0.25, -0.2) is 0 Å². The van der Waals surface area contributed by atoms with Crippen LogP contribution in [0.25, 0.3) is 0 Å². The molecule has 2 rings (SSSR count). The van der Waals surface area contributed by atoms with Crippen LogP contribution in [0.5, 0.6) is 5.75 Å². The number of aliphatic hydroxyl groups excluding tert-OH is 1. The molecule has 4 heteroatoms. The van der Waals surface area contributed by atoms with Crippen molar-refractivity contribution in [3.05, 3.63) is 29.3 Å². The van der Waals surface area contributed by atoms with Crippen molar-refractivity contribution < 1.29 is 14.6 Å². The van der Waals surface area contributed by atoms with E-state index in [4.69, 9.17) is 4.74 Å². The van der Waals surface area contributed by atoms with Gasteiger partial charge in [-0.1, -0.05) is 13.3 Å². The van der Waals surface area contributed by atoms with Gasteiger partial charge in [-0.05, 0) is 30.2 Å². The van der Waals surface area contributed by atoms with E-state index in [2.05, 4.69) is 5.32 Å². The Morgan fingerprint density at radius 3 is 3.17 bits per heavy atom. The second-order valence-corrected chi connectivity index (χ2v) is 4.57. The summed E-state index contributed by atoms with van der Waals surface area (Å²) in [6.45, 7) is 3.00. The number of aliphatic hydroxyl groups is 1. The minimum Gasteiger partial charge on any atom is -0.493 e. The number of fused-ring (bicyclic) bond motifs is 1. The molecule has 0 radical (unpaired) electrons. The van der Waals surface area contributed by atoms with Crippen LogP contribution in [0.1, 0.15) is 35.7 Å². The van der Waals surface area contributed by atoms with Gasteiger partial charge in [0.1, 0.15) is 5.75 Å². The maximum atomic E-state index is 11.9. The molecule has 0 bridgehead atoms. The maximum absolute atomic E-state index is 11.9. The second kappa shape index (κ2) is 5.87. The molecule has 1 aromatic rings. The number of nitrogens with one attached hydrogen (secondary N) is 1. The summed E-state index contributed by atoms with van der Waals surface area (Å²) in [4.78, 5) is 11.9. The molecule has 0 saturated heterocycles. The van der Waals surface area contributed by atoms with Gasteiger partial charge in [-0.15, -0.1) is 0 Å². The van der Waals surface area contributed by atoms with Gasteiger partial charge in [0.05, 0.1) is 12.7 Å². The molecule has 1 aliphatic heterocycles. The molecule has 2 N–H and O–H groups in total. The van der Waals surface area contributed by atoms with Gasteiger partial charge in [0.25, 0.3) is 5.91 Å². The highest BCUT2D eigenvalue weighted by molar-refractivity contribution is 5.94. The lowest BCUT2D eigenvalue weighted by Gasteiger charge is -2.11. The molecular formula is C14H19NO3. The zero-order valence-corrected chi connectivity index (χ0v) is 10.6. The monoisotopic (exact) mass is 249 g/mol. The van der Waals surface area contributed by atoms with Crippen LogP contribution in [0.3, 0.4) is 0 Å². The summed E-state index contributed by atoms with van der Waals surface area (Å²) in [5, 5.41) is 12.3. The summed E-state index contributed by atoms with van der Waals surface area (Å²) in [5.74, 6) is 0.734. The van der Waals surface area contributed by atoms with Crippen molar-refractivity contribution in [2.24, 2.45) is 0 Å². The van der Waals surface area contributed by atoms with E-state index in [0.717, 1.165) is 24.2 Å². The van der Waals surface area contributed by atoms with Crippen LogP contribution >= 0.6 is 0 Å². The first-order valence-electron chi connectivity index (χ1n) is 6.42. The van der Waals surface area contributed by atoms with Gasteiger partial charge < -0.3 is 15.2 Å². The van der Waals surface area contributed by atoms with E-state index < -0.39 is 6.10 Å². The third kappa shape index (κ3) is 3.01. The number of rotatable bonds is 5. The Labute approximate surface area is 107 Å². The van der Waals surface area contributed by atoms with Crippen molar-refractivity contribution in [2.45, 2.75) is 32.3 Å². The van der Waals surface area contributed by atoms with Crippen molar-refractivity contribution in [3.63, 3.8) is 0 Å². The Balaban J connectivity index is 1.93. The summed E-state index contributed by atoms with van der Waals surface area (Å²) in [7, 11) is 0. The van der Waals surface area contributed by atoms with Crippen LogP contribution in [0.4, 0.5) is 0 Å². The van der Waals surface area contributed by atoms with Crippen LogP contribution in [0.15, 0.2) is 18.2 Å². The summed E-state index contributed by atoms with van der Waals surface area (Å²) in [5.41, 5.74) is 1.71. The molecule has 1 aliphatic rings. The fourth-order valence-corrected chi connectivity index (χ4v) is 2.08. The quantitative estimate of drug-likeness (QED) is 0.831. The molecule has 0 saturated carbocycles. The summed E-state index contributed by atoms with van der Waals surface area (Å²) in [6, 6.07) is 5.45. The third-order valence-electron chi connectivity index (χ3n) is 3.07. The molecule has 98 valence electrons. The van der Waals surface area contributed by atoms with Crippen LogP contribution in [-0.2, 0) is 6.42 Å². The normalized spacial score (nSPS) is 14.8. The highest BCUT2D eigenvalue weighted by Gasteiger charge is 2.15. The molecule has 1 amide bonds. The first-order valence-corrected chi connectivity index (χ1v) is 6.42. The van der Waals surface area contributed by atoms with Crippen LogP contribution in [-0.4, -0.2) is 30.3 Å². The first kappa shape index (κ1) is 12.9. The fourth-order valence-electron chi connectivity index (χ4n) is 2.08. The number of amides is 1. The Morgan fingerprint density at radius 2 is 2.39 bits per heavy atom. The minimum absolute atomic E-state index is 0.139. The third-order valence-corrected chi connectivity index (χ3v) is 3.07. The van der Waals surface area contributed by atoms with E-state index in [0.29, 0.717) is 25.1 Å². The van der Waals surface area contributed by atoms with E-state index in [1.165, 1.54) is 0 Å². The zero-order chi connectivity index (χ0) is 13.0. The molecule has 0 spiro atoms. The summed E-state index contributed by atoms with van der Waals surface area (Å²) >= 11 is 0. The van der Waals surface area contributed by atoms with Crippen LogP contribution in [0.2, 0.25) is 0 Å². The van der Waals surface area contributed by atoms with Crippen molar-refractivity contribution in [1.82, 2.24) is 5.32 Å². The summed E-state index contributed by atoms with van der Waals surface area (Å²) in [6.07, 6.45) is 2.01. The zero-order valence-electron chi connectivity index (χ0n) is 10.6. The molecule has 1 unspecified atom stereocenters. The van der Waals surface area contributed by atoms with Gasteiger partial charge in [-0.2, -0.15) is 0 Å². The van der Waals surface area contributed by atoms with Gasteiger partial charge in [0, 0.05) is 18.5 Å². The lowest BCUT2D eigenvalue weighted by Crippen LogP contribution is -2.32. The number of ether oxygens (including phenoxy) is 1. The standard InChI is InChI=1S/C14H19NO3/c1-2-3-12(16)9-15-14(17)11-4-5-13-10(8-11)6-7-18-13/h4-5,8,12,16H,2-3,6-7,9H2,1H3,(H,15,17). The van der Waals surface area contributed by atoms with Gasteiger partial charge in [0.15, 0.2) is 0 Å². The molecule has 1 heterocycles. The van der Waals surface area contributed by atoms with Crippen molar-refractivity contribution in [3.8, 4) is 5.75 Å². The Kier molecular flexibility index (Phi) is 4.20. The average molecular weight is 249 g/mol. The van der Waals surface area contributed by atoms with Crippen LogP contribution < -0.4 is 10.1 Å². The van der Waals surface area contributed by atoms with Crippen molar-refractivity contribution >= 4 is 5.91 Å². The van der Waals surface area contributed by atoms with E-state index in [1.807, 2.05) is 19.1 Å². The molecular weight excluding hydrogens is 230 g/mol.